The number of nitrogens with zero attached hydrogens (tertiary/aromatic N) is 1. The van der Waals surface area contributed by atoms with Crippen molar-refractivity contribution < 1.29 is 19.1 Å². The fourth-order valence-electron chi connectivity index (χ4n) is 1.85. The fraction of sp³-hybridized carbons (Fsp3) is 0.529. The van der Waals surface area contributed by atoms with Crippen molar-refractivity contribution in [3.05, 3.63) is 30.1 Å². The summed E-state index contributed by atoms with van der Waals surface area (Å²) in [6.07, 6.45) is 3.20. The van der Waals surface area contributed by atoms with Gasteiger partial charge >= 0.3 is 6.09 Å². The van der Waals surface area contributed by atoms with E-state index in [-0.39, 0.29) is 18.1 Å². The van der Waals surface area contributed by atoms with Crippen molar-refractivity contribution >= 4 is 17.8 Å². The molecule has 1 heterocycles. The second-order valence-electron chi connectivity index (χ2n) is 6.44. The molecule has 0 aliphatic rings. The summed E-state index contributed by atoms with van der Waals surface area (Å²) < 4.78 is 5.10. The zero-order valence-electron chi connectivity index (χ0n) is 14.6. The summed E-state index contributed by atoms with van der Waals surface area (Å²) in [5.41, 5.74) is -0.132. The number of nitrogens with one attached hydrogen (secondary N) is 2. The summed E-state index contributed by atoms with van der Waals surface area (Å²) in [7, 11) is 0. The van der Waals surface area contributed by atoms with Gasteiger partial charge < -0.3 is 15.4 Å². The van der Waals surface area contributed by atoms with Gasteiger partial charge in [-0.2, -0.15) is 0 Å². The van der Waals surface area contributed by atoms with Gasteiger partial charge in [-0.05, 0) is 46.2 Å². The lowest BCUT2D eigenvalue weighted by molar-refractivity contribution is -0.120. The van der Waals surface area contributed by atoms with Gasteiger partial charge in [-0.25, -0.2) is 4.79 Å². The molecule has 0 aromatic carbocycles. The van der Waals surface area contributed by atoms with E-state index in [9.17, 15) is 14.4 Å². The predicted octanol–water partition coefficient (Wildman–Crippen LogP) is 2.07. The zero-order chi connectivity index (χ0) is 18.2. The normalized spacial score (nSPS) is 12.2. The molecule has 24 heavy (non-hydrogen) atoms. The third kappa shape index (κ3) is 7.71. The number of rotatable bonds is 7. The van der Waals surface area contributed by atoms with E-state index in [1.165, 1.54) is 6.20 Å². The number of alkyl carbamates (subject to hydrolysis) is 1. The Bertz CT molecular complexity index is 567. The van der Waals surface area contributed by atoms with Gasteiger partial charge in [-0.1, -0.05) is 0 Å². The van der Waals surface area contributed by atoms with Crippen molar-refractivity contribution in [3.8, 4) is 0 Å². The predicted molar refractivity (Wildman–Crippen MR) is 89.6 cm³/mol. The summed E-state index contributed by atoms with van der Waals surface area (Å²) in [6, 6.07) is 2.72. The molecule has 0 unspecified atom stereocenters. The monoisotopic (exact) mass is 335 g/mol. The van der Waals surface area contributed by atoms with Crippen molar-refractivity contribution in [1.29, 1.82) is 0 Å². The van der Waals surface area contributed by atoms with Crippen LogP contribution >= 0.6 is 0 Å². The van der Waals surface area contributed by atoms with Crippen LogP contribution in [0.1, 0.15) is 50.9 Å². The van der Waals surface area contributed by atoms with Crippen LogP contribution in [0.25, 0.3) is 0 Å². The standard InChI is InChI=1S/C17H25N3O4/c1-12(20-16(23)24-17(2,3)4)14(21)8-6-10-19-15(22)13-7-5-9-18-11-13/h5,7,9,11-12H,6,8,10H2,1-4H3,(H,19,22)(H,20,23)/t12-/m0/s1. The molecule has 0 saturated carbocycles. The van der Waals surface area contributed by atoms with Crippen LogP contribution in [0, 0.1) is 0 Å². The van der Waals surface area contributed by atoms with Gasteiger partial charge in [0.05, 0.1) is 11.6 Å². The number of ether oxygens (including phenoxy) is 1. The lowest BCUT2D eigenvalue weighted by atomic mass is 10.1. The largest absolute Gasteiger partial charge is 0.444 e. The lowest BCUT2D eigenvalue weighted by Crippen LogP contribution is -2.41. The molecule has 0 aliphatic carbocycles. The molecule has 0 bridgehead atoms. The SMILES string of the molecule is C[C@H](NC(=O)OC(C)(C)C)C(=O)CCCNC(=O)c1cccnc1. The summed E-state index contributed by atoms with van der Waals surface area (Å²) in [6.45, 7) is 7.25. The van der Waals surface area contributed by atoms with E-state index in [4.69, 9.17) is 4.74 Å². The Hall–Kier alpha value is -2.44. The highest BCUT2D eigenvalue weighted by molar-refractivity contribution is 5.93. The zero-order valence-corrected chi connectivity index (χ0v) is 14.6. The summed E-state index contributed by atoms with van der Waals surface area (Å²) in [4.78, 5) is 39.2. The quantitative estimate of drug-likeness (QED) is 0.744. The maximum atomic E-state index is 12.0. The molecular weight excluding hydrogens is 310 g/mol. The molecule has 0 saturated heterocycles. The van der Waals surface area contributed by atoms with E-state index in [0.717, 1.165) is 0 Å². The summed E-state index contributed by atoms with van der Waals surface area (Å²) in [5, 5.41) is 5.23. The van der Waals surface area contributed by atoms with E-state index in [1.54, 1.807) is 46.0 Å². The molecular formula is C17H25N3O4. The molecule has 2 N–H and O–H groups in total. The van der Waals surface area contributed by atoms with Gasteiger partial charge in [-0.15, -0.1) is 0 Å². The second-order valence-corrected chi connectivity index (χ2v) is 6.44. The first-order valence-corrected chi connectivity index (χ1v) is 7.89. The van der Waals surface area contributed by atoms with Crippen molar-refractivity contribution in [2.24, 2.45) is 0 Å². The van der Waals surface area contributed by atoms with Crippen molar-refractivity contribution in [2.45, 2.75) is 52.2 Å². The van der Waals surface area contributed by atoms with Gasteiger partial charge in [0.2, 0.25) is 0 Å². The van der Waals surface area contributed by atoms with E-state index in [1.807, 2.05) is 0 Å². The van der Waals surface area contributed by atoms with Crippen LogP contribution in [0.2, 0.25) is 0 Å². The molecule has 0 aliphatic heterocycles. The number of pyridine rings is 1. The summed E-state index contributed by atoms with van der Waals surface area (Å²) in [5.74, 6) is -0.341. The van der Waals surface area contributed by atoms with Gasteiger partial charge in [-0.3, -0.25) is 14.6 Å². The molecule has 0 spiro atoms. The third-order valence-corrected chi connectivity index (χ3v) is 3.03. The highest BCUT2D eigenvalue weighted by Crippen LogP contribution is 2.07. The minimum atomic E-state index is -0.631. The summed E-state index contributed by atoms with van der Waals surface area (Å²) >= 11 is 0. The van der Waals surface area contributed by atoms with Crippen molar-refractivity contribution in [1.82, 2.24) is 15.6 Å². The van der Waals surface area contributed by atoms with Crippen LogP contribution in [-0.2, 0) is 9.53 Å². The molecule has 1 atom stereocenters. The van der Waals surface area contributed by atoms with Gasteiger partial charge in [0.15, 0.2) is 5.78 Å². The van der Waals surface area contributed by atoms with Crippen LogP contribution in [0.3, 0.4) is 0 Å². The van der Waals surface area contributed by atoms with Crippen LogP contribution in [0.4, 0.5) is 4.79 Å². The number of hydrogen-bond donors (Lipinski definition) is 2. The van der Waals surface area contributed by atoms with E-state index >= 15 is 0 Å². The van der Waals surface area contributed by atoms with E-state index in [2.05, 4.69) is 15.6 Å². The van der Waals surface area contributed by atoms with Crippen LogP contribution < -0.4 is 10.6 Å². The van der Waals surface area contributed by atoms with Crippen molar-refractivity contribution in [3.63, 3.8) is 0 Å². The van der Waals surface area contributed by atoms with Gasteiger partial charge in [0.1, 0.15) is 5.60 Å². The highest BCUT2D eigenvalue weighted by Gasteiger charge is 2.20. The second kappa shape index (κ2) is 9.00. The van der Waals surface area contributed by atoms with Crippen LogP contribution in [0.5, 0.6) is 0 Å². The maximum absolute atomic E-state index is 12.0. The van der Waals surface area contributed by atoms with Crippen LogP contribution in [0.15, 0.2) is 24.5 Å². The van der Waals surface area contributed by atoms with Crippen LogP contribution in [-0.4, -0.2) is 41.0 Å². The molecule has 7 heteroatoms. The number of Topliss-reactive ketones (excluding diaryl/α,β-unsaturated/α-hetero) is 1. The average Bonchev–Trinajstić information content (AvgIpc) is 2.49. The Labute approximate surface area is 142 Å². The Morgan fingerprint density at radius 3 is 2.58 bits per heavy atom. The van der Waals surface area contributed by atoms with E-state index < -0.39 is 17.7 Å². The molecule has 7 nitrogen and oxygen atoms in total. The third-order valence-electron chi connectivity index (χ3n) is 3.03. The molecule has 1 aromatic rings. The fourth-order valence-corrected chi connectivity index (χ4v) is 1.85. The molecule has 1 rings (SSSR count). The van der Waals surface area contributed by atoms with Crippen molar-refractivity contribution in [2.75, 3.05) is 6.54 Å². The maximum Gasteiger partial charge on any atom is 0.408 e. The number of aromatic nitrogens is 1. The number of amides is 2. The molecule has 1 aromatic heterocycles. The lowest BCUT2D eigenvalue weighted by Gasteiger charge is -2.21. The molecule has 0 radical (unpaired) electrons. The smallest absolute Gasteiger partial charge is 0.408 e. The first kappa shape index (κ1) is 19.6. The Morgan fingerprint density at radius 1 is 1.29 bits per heavy atom. The molecule has 132 valence electrons. The van der Waals surface area contributed by atoms with Gasteiger partial charge in [0, 0.05) is 25.4 Å². The number of carbonyl (C=O) groups is 3. The average molecular weight is 335 g/mol. The highest BCUT2D eigenvalue weighted by atomic mass is 16.6. The Morgan fingerprint density at radius 2 is 2.00 bits per heavy atom. The van der Waals surface area contributed by atoms with Gasteiger partial charge in [0.25, 0.3) is 5.91 Å². The number of ketones is 1. The molecule has 0 fully saturated rings. The topological polar surface area (TPSA) is 97.4 Å². The first-order chi connectivity index (χ1) is 11.2. The molecule has 2 amide bonds. The van der Waals surface area contributed by atoms with E-state index in [0.29, 0.717) is 18.5 Å². The minimum absolute atomic E-state index is 0.114. The number of carbonyl (C=O) groups excluding carboxylic acids is 3. The Balaban J connectivity index is 2.26. The minimum Gasteiger partial charge on any atom is -0.444 e. The first-order valence-electron chi connectivity index (χ1n) is 7.89. The number of hydrogen-bond acceptors (Lipinski definition) is 5. The Kier molecular flexibility index (Phi) is 7.35.